The normalized spacial score (nSPS) is 15.9. The lowest BCUT2D eigenvalue weighted by atomic mass is 9.68. The van der Waals surface area contributed by atoms with E-state index in [9.17, 15) is 22.7 Å². The molecule has 1 N–H and O–H groups in total. The zero-order chi connectivity index (χ0) is 21.6. The number of hydrogen-bond acceptors (Lipinski definition) is 3. The van der Waals surface area contributed by atoms with Crippen LogP contribution in [0.2, 0.25) is 0 Å². The van der Waals surface area contributed by atoms with Crippen LogP contribution in [0, 0.1) is 11.7 Å². The van der Waals surface area contributed by atoms with Crippen LogP contribution in [0.4, 0.5) is 17.6 Å². The van der Waals surface area contributed by atoms with Crippen LogP contribution in [-0.4, -0.2) is 27.9 Å². The Balaban J connectivity index is 2.24. The van der Waals surface area contributed by atoms with Gasteiger partial charge in [-0.15, -0.1) is 0 Å². The molecule has 1 aromatic carbocycles. The fourth-order valence-corrected chi connectivity index (χ4v) is 3.77. The average molecular weight is 410 g/mol. The summed E-state index contributed by atoms with van der Waals surface area (Å²) in [5.74, 6) is -1.79. The summed E-state index contributed by atoms with van der Waals surface area (Å²) in [4.78, 5) is 4.05. The number of fused-ring (bicyclic) bond motifs is 1. The first-order chi connectivity index (χ1) is 13.4. The highest BCUT2D eigenvalue weighted by Crippen LogP contribution is 2.51. The van der Waals surface area contributed by atoms with Gasteiger partial charge < -0.3 is 14.4 Å². The van der Waals surface area contributed by atoms with Crippen molar-refractivity contribution < 1.29 is 27.4 Å². The molecule has 156 valence electrons. The van der Waals surface area contributed by atoms with Crippen molar-refractivity contribution in [1.29, 1.82) is 0 Å². The monoisotopic (exact) mass is 410 g/mol. The van der Waals surface area contributed by atoms with Crippen molar-refractivity contribution in [2.24, 2.45) is 5.92 Å². The second-order valence-electron chi connectivity index (χ2n) is 7.61. The Morgan fingerprint density at radius 1 is 1.14 bits per heavy atom. The number of methoxy groups -OCH3 is 1. The van der Waals surface area contributed by atoms with Gasteiger partial charge in [-0.2, -0.15) is 13.2 Å². The number of hydrogen-bond donors (Lipinski definition) is 1. The number of halogens is 4. The van der Waals surface area contributed by atoms with Crippen LogP contribution in [0.15, 0.2) is 48.8 Å². The molecule has 0 radical (unpaired) electrons. The van der Waals surface area contributed by atoms with Crippen LogP contribution in [-0.2, 0) is 11.1 Å². The minimum atomic E-state index is -5.02. The Labute approximate surface area is 165 Å². The van der Waals surface area contributed by atoms with E-state index < -0.39 is 29.1 Å². The van der Waals surface area contributed by atoms with E-state index >= 15 is 0 Å². The van der Waals surface area contributed by atoms with E-state index in [1.807, 2.05) is 0 Å². The first-order valence-electron chi connectivity index (χ1n) is 9.00. The highest BCUT2D eigenvalue weighted by atomic mass is 19.4. The Hall–Kier alpha value is -2.61. The first kappa shape index (κ1) is 21.1. The fraction of sp³-hybridized carbons (Fsp3) is 0.381. The molecule has 2 unspecified atom stereocenters. The maximum Gasteiger partial charge on any atom is 0.437 e. The smallest absolute Gasteiger partial charge is 0.437 e. The van der Waals surface area contributed by atoms with E-state index in [4.69, 9.17) is 4.74 Å². The molecule has 4 nitrogen and oxygen atoms in total. The maximum atomic E-state index is 14.4. The van der Waals surface area contributed by atoms with Gasteiger partial charge in [-0.25, -0.2) is 4.39 Å². The van der Waals surface area contributed by atoms with Crippen molar-refractivity contribution in [1.82, 2.24) is 9.55 Å². The number of benzene rings is 1. The number of aliphatic hydroxyl groups is 1. The van der Waals surface area contributed by atoms with Crippen molar-refractivity contribution in [3.63, 3.8) is 0 Å². The van der Waals surface area contributed by atoms with E-state index in [2.05, 4.69) is 4.98 Å². The van der Waals surface area contributed by atoms with Crippen LogP contribution in [0.5, 0.6) is 5.75 Å². The Morgan fingerprint density at radius 3 is 2.45 bits per heavy atom. The van der Waals surface area contributed by atoms with Gasteiger partial charge in [0.15, 0.2) is 0 Å². The summed E-state index contributed by atoms with van der Waals surface area (Å²) in [5, 5.41) is 11.2. The van der Waals surface area contributed by atoms with Crippen LogP contribution in [0.25, 0.3) is 11.0 Å². The number of pyridine rings is 1. The van der Waals surface area contributed by atoms with Gasteiger partial charge >= 0.3 is 6.18 Å². The molecule has 2 aromatic heterocycles. The van der Waals surface area contributed by atoms with Gasteiger partial charge in [-0.1, -0.05) is 20.8 Å². The molecule has 0 aliphatic rings. The molecule has 0 amide bonds. The van der Waals surface area contributed by atoms with E-state index in [1.165, 1.54) is 70.6 Å². The second kappa shape index (κ2) is 7.02. The molecule has 0 fully saturated rings. The van der Waals surface area contributed by atoms with Gasteiger partial charge in [0.2, 0.25) is 5.72 Å². The largest absolute Gasteiger partial charge is 0.496 e. The molecule has 3 rings (SSSR count). The van der Waals surface area contributed by atoms with Crippen molar-refractivity contribution >= 4 is 11.0 Å². The maximum absolute atomic E-state index is 14.4. The zero-order valence-corrected chi connectivity index (χ0v) is 16.5. The molecule has 0 saturated heterocycles. The number of ether oxygens (including phenoxy) is 1. The van der Waals surface area contributed by atoms with Crippen LogP contribution in [0.3, 0.4) is 0 Å². The summed E-state index contributed by atoms with van der Waals surface area (Å²) in [5.41, 5.74) is -3.91. The molecule has 0 saturated carbocycles. The first-order valence-corrected chi connectivity index (χ1v) is 9.00. The average Bonchev–Trinajstić information content (AvgIpc) is 3.10. The van der Waals surface area contributed by atoms with E-state index in [0.717, 1.165) is 10.6 Å². The third-order valence-corrected chi connectivity index (χ3v) is 5.78. The minimum Gasteiger partial charge on any atom is -0.496 e. The predicted octanol–water partition coefficient (Wildman–Crippen LogP) is 5.01. The standard InChI is InChI=1S/C21H22F4N2O2/c1-13(19(2,3)15-12-14(22)7-8-18(15)29-4)20(28,21(23,24)25)27-11-9-16-17(27)6-5-10-26-16/h5-13,28H,1-4H3. The molecule has 0 spiro atoms. The molecule has 2 heterocycles. The summed E-state index contributed by atoms with van der Waals surface area (Å²) < 4.78 is 63.0. The predicted molar refractivity (Wildman–Crippen MR) is 101 cm³/mol. The molecule has 8 heteroatoms. The molecule has 2 atom stereocenters. The Morgan fingerprint density at radius 2 is 1.83 bits per heavy atom. The molecule has 29 heavy (non-hydrogen) atoms. The minimum absolute atomic E-state index is 0.140. The zero-order valence-electron chi connectivity index (χ0n) is 16.5. The van der Waals surface area contributed by atoms with Crippen molar-refractivity contribution in [2.45, 2.75) is 38.1 Å². The lowest BCUT2D eigenvalue weighted by molar-refractivity contribution is -0.323. The molecule has 0 aliphatic heterocycles. The van der Waals surface area contributed by atoms with Gasteiger partial charge in [0.25, 0.3) is 0 Å². The van der Waals surface area contributed by atoms with E-state index in [0.29, 0.717) is 5.52 Å². The van der Waals surface area contributed by atoms with Crippen LogP contribution in [0.1, 0.15) is 26.3 Å². The van der Waals surface area contributed by atoms with Crippen LogP contribution >= 0.6 is 0 Å². The topological polar surface area (TPSA) is 47.3 Å². The summed E-state index contributed by atoms with van der Waals surface area (Å²) in [6.07, 6.45) is -2.39. The summed E-state index contributed by atoms with van der Waals surface area (Å²) in [6.45, 7) is 4.34. The molecule has 0 aliphatic carbocycles. The van der Waals surface area contributed by atoms with Crippen molar-refractivity contribution in [3.8, 4) is 5.75 Å². The summed E-state index contributed by atoms with van der Waals surface area (Å²) in [7, 11) is 1.36. The van der Waals surface area contributed by atoms with E-state index in [-0.39, 0.29) is 16.8 Å². The molecule has 0 bridgehead atoms. The summed E-state index contributed by atoms with van der Waals surface area (Å²) in [6, 6.07) is 8.05. The number of nitrogens with zero attached hydrogens (tertiary/aromatic N) is 2. The lowest BCUT2D eigenvalue weighted by Gasteiger charge is -2.45. The van der Waals surface area contributed by atoms with Gasteiger partial charge in [0, 0.05) is 29.3 Å². The second-order valence-corrected chi connectivity index (χ2v) is 7.61. The van der Waals surface area contributed by atoms with Gasteiger partial charge in [-0.3, -0.25) is 4.98 Å². The van der Waals surface area contributed by atoms with Gasteiger partial charge in [-0.05, 0) is 36.4 Å². The van der Waals surface area contributed by atoms with Crippen LogP contribution < -0.4 is 4.74 Å². The molecule has 3 aromatic rings. The molecular formula is C21H22F4N2O2. The highest BCUT2D eigenvalue weighted by Gasteiger charge is 2.62. The Bertz CT molecular complexity index is 1030. The number of aromatic nitrogens is 2. The van der Waals surface area contributed by atoms with Gasteiger partial charge in [0.1, 0.15) is 11.6 Å². The SMILES string of the molecule is COc1ccc(F)cc1C(C)(C)C(C)C(O)(n1ccc2ncccc21)C(F)(F)F. The fourth-order valence-electron chi connectivity index (χ4n) is 3.77. The third kappa shape index (κ3) is 3.25. The quantitative estimate of drug-likeness (QED) is 0.602. The van der Waals surface area contributed by atoms with Crippen molar-refractivity contribution in [2.75, 3.05) is 7.11 Å². The Kier molecular flexibility index (Phi) is 5.11. The summed E-state index contributed by atoms with van der Waals surface area (Å²) >= 11 is 0. The molecular weight excluding hydrogens is 388 g/mol. The number of rotatable bonds is 5. The van der Waals surface area contributed by atoms with Crippen molar-refractivity contribution in [3.05, 3.63) is 60.2 Å². The highest BCUT2D eigenvalue weighted by molar-refractivity contribution is 5.75. The van der Waals surface area contributed by atoms with E-state index in [1.54, 1.807) is 0 Å². The van der Waals surface area contributed by atoms with Gasteiger partial charge in [0.05, 0.1) is 18.1 Å². The number of alkyl halides is 3. The lowest BCUT2D eigenvalue weighted by Crippen LogP contribution is -2.57. The third-order valence-electron chi connectivity index (χ3n) is 5.78.